The number of anilines is 1. The Bertz CT molecular complexity index is 1310. The van der Waals surface area contributed by atoms with Crippen molar-refractivity contribution in [3.8, 4) is 5.75 Å². The number of nitro benzene ring substituents is 1. The molecule has 0 fully saturated rings. The van der Waals surface area contributed by atoms with Gasteiger partial charge in [0.15, 0.2) is 12.4 Å². The summed E-state index contributed by atoms with van der Waals surface area (Å²) in [5.74, 6) is -1.37. The molecular formula is C20H13BrFN5O4. The van der Waals surface area contributed by atoms with Crippen LogP contribution in [-0.2, 0) is 6.73 Å². The first-order valence-corrected chi connectivity index (χ1v) is 9.66. The van der Waals surface area contributed by atoms with E-state index in [0.717, 1.165) is 28.1 Å². The van der Waals surface area contributed by atoms with E-state index in [2.05, 4.69) is 31.3 Å². The summed E-state index contributed by atoms with van der Waals surface area (Å²) in [7, 11) is 0. The summed E-state index contributed by atoms with van der Waals surface area (Å²) < 4.78 is 20.8. The number of carbonyl (C=O) groups excluding carboxylic acids is 1. The zero-order valence-corrected chi connectivity index (χ0v) is 17.2. The van der Waals surface area contributed by atoms with Crippen LogP contribution in [0.4, 0.5) is 15.8 Å². The van der Waals surface area contributed by atoms with Gasteiger partial charge in [-0.3, -0.25) is 19.9 Å². The number of nitrogens with zero attached hydrogens (tertiary/aromatic N) is 4. The van der Waals surface area contributed by atoms with Gasteiger partial charge >= 0.3 is 5.69 Å². The molecule has 0 bridgehead atoms. The molecule has 2 heterocycles. The number of nitro groups is 1. The standard InChI is InChI=1S/C20H13BrFN5O4/c21-14-4-5-15(19-13(14)2-1-8-23-19)24-20(28)16-7-9-26(25-16)11-31-18-10-12(22)3-6-17(18)27(29)30/h1-10H,11H2,(H,24,28). The van der Waals surface area contributed by atoms with E-state index in [1.807, 2.05) is 6.07 Å². The number of hydrogen-bond acceptors (Lipinski definition) is 6. The van der Waals surface area contributed by atoms with Crippen LogP contribution < -0.4 is 10.1 Å². The lowest BCUT2D eigenvalue weighted by molar-refractivity contribution is -0.386. The number of aromatic nitrogens is 3. The first kappa shape index (κ1) is 20.4. The summed E-state index contributed by atoms with van der Waals surface area (Å²) in [6, 6.07) is 11.6. The smallest absolute Gasteiger partial charge is 0.311 e. The summed E-state index contributed by atoms with van der Waals surface area (Å²) in [4.78, 5) is 27.3. The van der Waals surface area contributed by atoms with Crippen LogP contribution in [0.2, 0.25) is 0 Å². The van der Waals surface area contributed by atoms with Crippen LogP contribution in [0.15, 0.2) is 65.4 Å². The number of halogens is 2. The zero-order valence-electron chi connectivity index (χ0n) is 15.7. The predicted octanol–water partition coefficient (Wildman–Crippen LogP) is 4.53. The summed E-state index contributed by atoms with van der Waals surface area (Å²) in [5, 5.41) is 18.8. The van der Waals surface area contributed by atoms with Crippen LogP contribution in [-0.4, -0.2) is 25.6 Å². The minimum atomic E-state index is -0.673. The van der Waals surface area contributed by atoms with Crippen molar-refractivity contribution in [3.05, 3.63) is 87.0 Å². The number of hydrogen-bond donors (Lipinski definition) is 1. The predicted molar refractivity (Wildman–Crippen MR) is 113 cm³/mol. The van der Waals surface area contributed by atoms with Gasteiger partial charge in [-0.15, -0.1) is 0 Å². The third kappa shape index (κ3) is 4.36. The van der Waals surface area contributed by atoms with E-state index in [4.69, 9.17) is 4.74 Å². The van der Waals surface area contributed by atoms with E-state index >= 15 is 0 Å². The van der Waals surface area contributed by atoms with Crippen LogP contribution in [0.25, 0.3) is 10.9 Å². The van der Waals surface area contributed by atoms with Gasteiger partial charge in [-0.25, -0.2) is 9.07 Å². The molecular weight excluding hydrogens is 473 g/mol. The Balaban J connectivity index is 1.49. The summed E-state index contributed by atoms with van der Waals surface area (Å²) in [6.45, 7) is -0.250. The molecule has 2 aromatic heterocycles. The van der Waals surface area contributed by atoms with E-state index < -0.39 is 16.6 Å². The van der Waals surface area contributed by atoms with Crippen LogP contribution >= 0.6 is 15.9 Å². The maximum atomic E-state index is 13.4. The zero-order chi connectivity index (χ0) is 22.0. The molecule has 1 amide bonds. The van der Waals surface area contributed by atoms with Gasteiger partial charge in [0.25, 0.3) is 5.91 Å². The molecule has 1 N–H and O–H groups in total. The molecule has 0 aliphatic heterocycles. The number of ether oxygens (including phenoxy) is 1. The van der Waals surface area contributed by atoms with Gasteiger partial charge in [0.05, 0.1) is 16.1 Å². The van der Waals surface area contributed by atoms with Crippen molar-refractivity contribution in [3.63, 3.8) is 0 Å². The second-order valence-corrected chi connectivity index (χ2v) is 7.19. The first-order chi connectivity index (χ1) is 14.9. The highest BCUT2D eigenvalue weighted by atomic mass is 79.9. The van der Waals surface area contributed by atoms with E-state index in [1.54, 1.807) is 24.4 Å². The summed E-state index contributed by atoms with van der Waals surface area (Å²) in [5.41, 5.74) is 0.863. The van der Waals surface area contributed by atoms with Crippen molar-refractivity contribution < 1.29 is 18.8 Å². The highest BCUT2D eigenvalue weighted by Crippen LogP contribution is 2.29. The van der Waals surface area contributed by atoms with Gasteiger partial charge in [0.1, 0.15) is 5.82 Å². The molecule has 0 atom stereocenters. The number of carbonyl (C=O) groups is 1. The van der Waals surface area contributed by atoms with Crippen LogP contribution in [0.1, 0.15) is 10.5 Å². The molecule has 0 spiro atoms. The van der Waals surface area contributed by atoms with E-state index in [9.17, 15) is 19.3 Å². The number of pyridine rings is 1. The lowest BCUT2D eigenvalue weighted by Crippen LogP contribution is -2.15. The van der Waals surface area contributed by atoms with E-state index in [1.165, 1.54) is 16.9 Å². The molecule has 0 saturated heterocycles. The molecule has 4 aromatic rings. The fourth-order valence-corrected chi connectivity index (χ4v) is 3.32. The summed E-state index contributed by atoms with van der Waals surface area (Å²) in [6.07, 6.45) is 3.10. The second kappa shape index (κ2) is 8.48. The fraction of sp³-hybridized carbons (Fsp3) is 0.0500. The lowest BCUT2D eigenvalue weighted by atomic mass is 10.2. The fourth-order valence-electron chi connectivity index (χ4n) is 2.87. The molecule has 0 radical (unpaired) electrons. The van der Waals surface area contributed by atoms with Crippen molar-refractivity contribution in [1.29, 1.82) is 0 Å². The average molecular weight is 486 g/mol. The largest absolute Gasteiger partial charge is 0.464 e. The Kier molecular flexibility index (Phi) is 5.58. The van der Waals surface area contributed by atoms with Gasteiger partial charge in [-0.1, -0.05) is 22.0 Å². The Morgan fingerprint density at radius 3 is 2.90 bits per heavy atom. The van der Waals surface area contributed by atoms with Crippen molar-refractivity contribution in [2.45, 2.75) is 6.73 Å². The van der Waals surface area contributed by atoms with Gasteiger partial charge in [-0.05, 0) is 30.3 Å². The van der Waals surface area contributed by atoms with Crippen molar-refractivity contribution in [1.82, 2.24) is 14.8 Å². The highest BCUT2D eigenvalue weighted by molar-refractivity contribution is 9.10. The molecule has 9 nitrogen and oxygen atoms in total. The van der Waals surface area contributed by atoms with Crippen molar-refractivity contribution in [2.75, 3.05) is 5.32 Å². The minimum absolute atomic E-state index is 0.101. The molecule has 0 saturated carbocycles. The van der Waals surface area contributed by atoms with Gasteiger partial charge in [-0.2, -0.15) is 5.10 Å². The quantitative estimate of drug-likeness (QED) is 0.317. The minimum Gasteiger partial charge on any atom is -0.464 e. The maximum absolute atomic E-state index is 13.4. The summed E-state index contributed by atoms with van der Waals surface area (Å²) >= 11 is 3.45. The van der Waals surface area contributed by atoms with E-state index in [0.29, 0.717) is 11.2 Å². The third-order valence-electron chi connectivity index (χ3n) is 4.31. The van der Waals surface area contributed by atoms with Crippen LogP contribution in [0.3, 0.4) is 0 Å². The van der Waals surface area contributed by atoms with Crippen molar-refractivity contribution in [2.24, 2.45) is 0 Å². The molecule has 11 heteroatoms. The SMILES string of the molecule is O=C(Nc1ccc(Br)c2cccnc12)c1ccn(COc2cc(F)ccc2[N+](=O)[O-])n1. The normalized spacial score (nSPS) is 10.8. The molecule has 0 aliphatic carbocycles. The second-order valence-electron chi connectivity index (χ2n) is 6.33. The Morgan fingerprint density at radius 2 is 2.10 bits per heavy atom. The van der Waals surface area contributed by atoms with Gasteiger partial charge < -0.3 is 10.1 Å². The van der Waals surface area contributed by atoms with Gasteiger partial charge in [0, 0.05) is 34.4 Å². The van der Waals surface area contributed by atoms with Crippen molar-refractivity contribution >= 4 is 44.1 Å². The Labute approximate surface area is 182 Å². The number of benzene rings is 2. The van der Waals surface area contributed by atoms with Crippen LogP contribution in [0, 0.1) is 15.9 Å². The maximum Gasteiger partial charge on any atom is 0.311 e. The monoisotopic (exact) mass is 485 g/mol. The first-order valence-electron chi connectivity index (χ1n) is 8.87. The number of nitrogens with one attached hydrogen (secondary N) is 1. The Hall–Kier alpha value is -3.86. The Morgan fingerprint density at radius 1 is 1.26 bits per heavy atom. The molecule has 31 heavy (non-hydrogen) atoms. The molecule has 2 aromatic carbocycles. The van der Waals surface area contributed by atoms with E-state index in [-0.39, 0.29) is 23.9 Å². The third-order valence-corrected chi connectivity index (χ3v) is 5.00. The highest BCUT2D eigenvalue weighted by Gasteiger charge is 2.17. The molecule has 0 unspecified atom stereocenters. The number of rotatable bonds is 6. The topological polar surface area (TPSA) is 112 Å². The molecule has 156 valence electrons. The number of fused-ring (bicyclic) bond motifs is 1. The molecule has 4 rings (SSSR count). The average Bonchev–Trinajstić information content (AvgIpc) is 3.23. The lowest BCUT2D eigenvalue weighted by Gasteiger charge is -2.08. The number of amides is 1. The molecule has 0 aliphatic rings. The van der Waals surface area contributed by atoms with Gasteiger partial charge in [0.2, 0.25) is 5.75 Å². The van der Waals surface area contributed by atoms with Crippen LogP contribution in [0.5, 0.6) is 5.75 Å².